The van der Waals surface area contributed by atoms with Crippen molar-refractivity contribution in [3.8, 4) is 0 Å². The number of aromatic nitrogens is 4. The monoisotopic (exact) mass is 386 g/mol. The summed E-state index contributed by atoms with van der Waals surface area (Å²) in [6.45, 7) is 6.22. The van der Waals surface area contributed by atoms with Crippen LogP contribution in [0.2, 0.25) is 0 Å². The largest absolute Gasteiger partial charge is 0.351 e. The Balaban J connectivity index is 1.78. The summed E-state index contributed by atoms with van der Waals surface area (Å²) in [5.74, 6) is 0.403. The van der Waals surface area contributed by atoms with E-state index in [-0.39, 0.29) is 18.5 Å². The third kappa shape index (κ3) is 3.80. The van der Waals surface area contributed by atoms with Crippen LogP contribution in [0.1, 0.15) is 22.7 Å². The number of benzene rings is 2. The summed E-state index contributed by atoms with van der Waals surface area (Å²) < 4.78 is 1.75. The number of carbonyl (C=O) groups is 1. The molecule has 1 unspecified atom stereocenters. The van der Waals surface area contributed by atoms with Crippen molar-refractivity contribution in [3.05, 3.63) is 90.0 Å². The van der Waals surface area contributed by atoms with Gasteiger partial charge in [0.1, 0.15) is 12.6 Å². The summed E-state index contributed by atoms with van der Waals surface area (Å²) in [7, 11) is 0. The molecule has 0 spiro atoms. The number of nitrogens with one attached hydrogen (secondary N) is 1. The molecule has 1 atom stereocenters. The molecule has 0 bridgehead atoms. The van der Waals surface area contributed by atoms with Gasteiger partial charge >= 0.3 is 0 Å². The van der Waals surface area contributed by atoms with Crippen LogP contribution in [0, 0.1) is 6.92 Å². The van der Waals surface area contributed by atoms with Crippen LogP contribution in [-0.4, -0.2) is 39.2 Å². The molecule has 2 aromatic carbocycles. The Labute approximate surface area is 169 Å². The van der Waals surface area contributed by atoms with Gasteiger partial charge in [0.25, 0.3) is 5.95 Å². The molecule has 3 aromatic rings. The first-order valence-electron chi connectivity index (χ1n) is 9.44. The first-order valence-corrected chi connectivity index (χ1v) is 9.44. The summed E-state index contributed by atoms with van der Waals surface area (Å²) in [6, 6.07) is 18.1. The fraction of sp³-hybridized carbons (Fsp3) is 0.182. The van der Waals surface area contributed by atoms with E-state index >= 15 is 0 Å². The third-order valence-electron chi connectivity index (χ3n) is 4.82. The van der Waals surface area contributed by atoms with E-state index in [0.29, 0.717) is 12.5 Å². The molecule has 1 aliphatic heterocycles. The molecule has 1 N–H and O–H groups in total. The van der Waals surface area contributed by atoms with Crippen LogP contribution < -0.4 is 10.2 Å². The molecular weight excluding hydrogens is 364 g/mol. The Kier molecular flexibility index (Phi) is 5.20. The van der Waals surface area contributed by atoms with Gasteiger partial charge in [-0.3, -0.25) is 9.69 Å². The van der Waals surface area contributed by atoms with Crippen molar-refractivity contribution in [1.82, 2.24) is 25.5 Å². The topological polar surface area (TPSA) is 75.9 Å². The maximum absolute atomic E-state index is 12.5. The van der Waals surface area contributed by atoms with Crippen molar-refractivity contribution >= 4 is 17.6 Å². The van der Waals surface area contributed by atoms with Crippen LogP contribution in [0.15, 0.2) is 73.3 Å². The average molecular weight is 386 g/mol. The number of hydrogen-bond acceptors (Lipinski definition) is 5. The number of anilines is 1. The number of tetrazole rings is 1. The summed E-state index contributed by atoms with van der Waals surface area (Å²) in [5, 5.41) is 15.1. The first kappa shape index (κ1) is 18.6. The smallest absolute Gasteiger partial charge is 0.251 e. The van der Waals surface area contributed by atoms with Gasteiger partial charge in [-0.15, -0.1) is 6.58 Å². The van der Waals surface area contributed by atoms with Crippen molar-refractivity contribution in [2.24, 2.45) is 0 Å². The minimum Gasteiger partial charge on any atom is -0.351 e. The molecular formula is C22H22N6O. The Morgan fingerprint density at radius 2 is 1.93 bits per heavy atom. The molecule has 4 rings (SSSR count). The van der Waals surface area contributed by atoms with E-state index in [1.807, 2.05) is 35.2 Å². The van der Waals surface area contributed by atoms with Crippen LogP contribution in [0.5, 0.6) is 0 Å². The van der Waals surface area contributed by atoms with Gasteiger partial charge < -0.3 is 5.32 Å². The van der Waals surface area contributed by atoms with Crippen molar-refractivity contribution in [2.45, 2.75) is 13.0 Å². The molecule has 146 valence electrons. The van der Waals surface area contributed by atoms with Crippen molar-refractivity contribution in [2.75, 3.05) is 18.0 Å². The number of nitrogens with zero attached hydrogens (tertiary/aromatic N) is 5. The highest BCUT2D eigenvalue weighted by molar-refractivity contribution is 5.89. The lowest BCUT2D eigenvalue weighted by Gasteiger charge is -2.32. The first-order chi connectivity index (χ1) is 14.2. The van der Waals surface area contributed by atoms with Crippen LogP contribution >= 0.6 is 0 Å². The lowest BCUT2D eigenvalue weighted by atomic mass is 10.00. The van der Waals surface area contributed by atoms with Gasteiger partial charge in [0, 0.05) is 6.54 Å². The van der Waals surface area contributed by atoms with Crippen molar-refractivity contribution in [3.63, 3.8) is 0 Å². The van der Waals surface area contributed by atoms with E-state index in [9.17, 15) is 4.79 Å². The van der Waals surface area contributed by atoms with E-state index in [4.69, 9.17) is 0 Å². The number of hydrogen-bond donors (Lipinski definition) is 1. The van der Waals surface area contributed by atoms with Crippen molar-refractivity contribution < 1.29 is 4.79 Å². The zero-order valence-corrected chi connectivity index (χ0v) is 16.2. The minimum atomic E-state index is -0.164. The molecule has 0 fully saturated rings. The highest BCUT2D eigenvalue weighted by atomic mass is 16.2. The Bertz CT molecular complexity index is 1040. The molecule has 29 heavy (non-hydrogen) atoms. The highest BCUT2D eigenvalue weighted by Crippen LogP contribution is 2.35. The standard InChI is InChI=1S/C22H22N6O/c1-3-13-23-21(29)15-27-19(17-7-5-4-6-8-17)14-20(28-22(27)24-25-26-28)18-11-9-16(2)10-12-18/h3-12,14,20H,1,13,15H2,2H3,(H,23,29). The quantitative estimate of drug-likeness (QED) is 0.659. The fourth-order valence-corrected chi connectivity index (χ4v) is 3.37. The van der Waals surface area contributed by atoms with Gasteiger partial charge in [-0.25, -0.2) is 0 Å². The molecule has 0 saturated carbocycles. The third-order valence-corrected chi connectivity index (χ3v) is 4.82. The lowest BCUT2D eigenvalue weighted by molar-refractivity contribution is -0.119. The van der Waals surface area contributed by atoms with Gasteiger partial charge in [0.2, 0.25) is 5.91 Å². The maximum Gasteiger partial charge on any atom is 0.251 e. The van der Waals surface area contributed by atoms with Gasteiger partial charge in [0.15, 0.2) is 0 Å². The predicted octanol–water partition coefficient (Wildman–Crippen LogP) is 2.73. The molecule has 7 heteroatoms. The second-order valence-corrected chi connectivity index (χ2v) is 6.88. The van der Waals surface area contributed by atoms with E-state index in [2.05, 4.69) is 64.7 Å². The zero-order chi connectivity index (χ0) is 20.2. The molecule has 1 aliphatic rings. The zero-order valence-electron chi connectivity index (χ0n) is 16.2. The number of allylic oxidation sites excluding steroid dienone is 1. The maximum atomic E-state index is 12.5. The Morgan fingerprint density at radius 1 is 1.17 bits per heavy atom. The second-order valence-electron chi connectivity index (χ2n) is 6.88. The predicted molar refractivity (Wildman–Crippen MR) is 112 cm³/mol. The second kappa shape index (κ2) is 8.10. The van der Waals surface area contributed by atoms with Gasteiger partial charge in [-0.2, -0.15) is 4.68 Å². The van der Waals surface area contributed by atoms with E-state index in [0.717, 1.165) is 16.8 Å². The number of carbonyl (C=O) groups excluding carboxylic acids is 1. The highest BCUT2D eigenvalue weighted by Gasteiger charge is 2.31. The van der Waals surface area contributed by atoms with Gasteiger partial charge in [0.05, 0.1) is 5.70 Å². The normalized spacial score (nSPS) is 15.4. The average Bonchev–Trinajstić information content (AvgIpc) is 3.24. The molecule has 2 heterocycles. The van der Waals surface area contributed by atoms with E-state index in [1.54, 1.807) is 10.8 Å². The summed E-state index contributed by atoms with van der Waals surface area (Å²) in [5.41, 5.74) is 4.16. The molecule has 1 aromatic heterocycles. The number of amides is 1. The molecule has 1 amide bonds. The number of fused-ring (bicyclic) bond motifs is 1. The van der Waals surface area contributed by atoms with Crippen LogP contribution in [0.4, 0.5) is 5.95 Å². The van der Waals surface area contributed by atoms with Crippen LogP contribution in [0.25, 0.3) is 5.70 Å². The van der Waals surface area contributed by atoms with Crippen LogP contribution in [0.3, 0.4) is 0 Å². The molecule has 0 aliphatic carbocycles. The summed E-state index contributed by atoms with van der Waals surface area (Å²) in [6.07, 6.45) is 3.75. The van der Waals surface area contributed by atoms with Gasteiger partial charge in [-0.05, 0) is 34.6 Å². The summed E-state index contributed by atoms with van der Waals surface area (Å²) >= 11 is 0. The minimum absolute atomic E-state index is 0.107. The Hall–Kier alpha value is -3.74. The summed E-state index contributed by atoms with van der Waals surface area (Å²) in [4.78, 5) is 14.3. The number of rotatable bonds is 6. The molecule has 0 radical (unpaired) electrons. The van der Waals surface area contributed by atoms with Crippen molar-refractivity contribution in [1.29, 1.82) is 0 Å². The fourth-order valence-electron chi connectivity index (χ4n) is 3.37. The van der Waals surface area contributed by atoms with Gasteiger partial charge in [-0.1, -0.05) is 71.3 Å². The lowest BCUT2D eigenvalue weighted by Crippen LogP contribution is -2.40. The molecule has 7 nitrogen and oxygen atoms in total. The SMILES string of the molecule is C=CCNC(=O)CN1C(c2ccccc2)=CC(c2ccc(C)cc2)n2nnnc21. The van der Waals surface area contributed by atoms with Crippen LogP contribution in [-0.2, 0) is 4.79 Å². The number of aryl methyl sites for hydroxylation is 1. The Morgan fingerprint density at radius 3 is 2.66 bits per heavy atom. The van der Waals surface area contributed by atoms with E-state index in [1.165, 1.54) is 5.56 Å². The molecule has 0 saturated heterocycles. The van der Waals surface area contributed by atoms with E-state index < -0.39 is 0 Å².